The van der Waals surface area contributed by atoms with Gasteiger partial charge in [0.25, 0.3) is 5.92 Å². The number of halogens is 3. The molecule has 0 aliphatic carbocycles. The Morgan fingerprint density at radius 2 is 2.11 bits per heavy atom. The first-order valence-electron chi connectivity index (χ1n) is 5.38. The van der Waals surface area contributed by atoms with Gasteiger partial charge in [-0.3, -0.25) is 0 Å². The van der Waals surface area contributed by atoms with Crippen LogP contribution in [0.15, 0.2) is 30.3 Å². The van der Waals surface area contributed by atoms with E-state index >= 15 is 0 Å². The van der Waals surface area contributed by atoms with E-state index in [0.717, 1.165) is 0 Å². The van der Waals surface area contributed by atoms with E-state index in [1.165, 1.54) is 0 Å². The van der Waals surface area contributed by atoms with Gasteiger partial charge in [-0.1, -0.05) is 34.1 Å². The van der Waals surface area contributed by atoms with E-state index in [0.29, 0.717) is 5.56 Å². The predicted molar refractivity (Wildman–Crippen MR) is 63.9 cm³/mol. The average molecular weight is 321 g/mol. The number of esters is 1. The van der Waals surface area contributed by atoms with Crippen LogP contribution in [0.25, 0.3) is 0 Å². The molecule has 3 nitrogen and oxygen atoms in total. The van der Waals surface area contributed by atoms with Crippen LogP contribution in [0.2, 0.25) is 0 Å². The number of benzene rings is 1. The lowest BCUT2D eigenvalue weighted by atomic mass is 10.2. The third kappa shape index (κ3) is 3.05. The first-order chi connectivity index (χ1) is 8.49. The molecule has 0 aromatic heterocycles. The third-order valence-corrected chi connectivity index (χ3v) is 3.44. The molecule has 1 aliphatic rings. The number of carbonyl (C=O) groups is 1. The maximum absolute atomic E-state index is 13.1. The molecule has 2 atom stereocenters. The van der Waals surface area contributed by atoms with Gasteiger partial charge in [-0.25, -0.2) is 13.6 Å². The van der Waals surface area contributed by atoms with Gasteiger partial charge in [-0.2, -0.15) is 0 Å². The molecule has 0 unspecified atom stereocenters. The van der Waals surface area contributed by atoms with E-state index in [1.54, 1.807) is 30.3 Å². The topological polar surface area (TPSA) is 35.5 Å². The zero-order chi connectivity index (χ0) is 13.2. The van der Waals surface area contributed by atoms with Crippen LogP contribution < -0.4 is 0 Å². The van der Waals surface area contributed by atoms with Crippen molar-refractivity contribution in [2.24, 2.45) is 0 Å². The highest BCUT2D eigenvalue weighted by Gasteiger charge is 2.49. The fourth-order valence-corrected chi connectivity index (χ4v) is 2.13. The fourth-order valence-electron chi connectivity index (χ4n) is 1.64. The second-order valence-electron chi connectivity index (χ2n) is 4.00. The van der Waals surface area contributed by atoms with Crippen LogP contribution in [0.4, 0.5) is 8.78 Å². The Bertz CT molecular complexity index is 425. The van der Waals surface area contributed by atoms with Crippen molar-refractivity contribution in [2.45, 2.75) is 23.5 Å². The van der Waals surface area contributed by atoms with Crippen molar-refractivity contribution in [2.75, 3.05) is 6.61 Å². The van der Waals surface area contributed by atoms with Crippen LogP contribution in [0.3, 0.4) is 0 Å². The quantitative estimate of drug-likeness (QED) is 0.634. The lowest BCUT2D eigenvalue weighted by Crippen LogP contribution is -2.22. The summed E-state index contributed by atoms with van der Waals surface area (Å²) < 4.78 is 36.1. The minimum absolute atomic E-state index is 0.175. The SMILES string of the molecule is O=C(OC[C@@H]1CC(F)(F)[C@@H](Br)O1)c1ccccc1. The largest absolute Gasteiger partial charge is 0.459 e. The van der Waals surface area contributed by atoms with Crippen LogP contribution in [0.1, 0.15) is 16.8 Å². The second kappa shape index (κ2) is 5.32. The summed E-state index contributed by atoms with van der Waals surface area (Å²) in [6, 6.07) is 8.36. The minimum Gasteiger partial charge on any atom is -0.459 e. The van der Waals surface area contributed by atoms with Gasteiger partial charge in [0.2, 0.25) is 0 Å². The summed E-state index contributed by atoms with van der Waals surface area (Å²) in [4.78, 5) is 11.6. The van der Waals surface area contributed by atoms with Crippen LogP contribution in [-0.4, -0.2) is 29.6 Å². The molecule has 0 bridgehead atoms. The molecule has 1 saturated heterocycles. The Kier molecular flexibility index (Phi) is 3.97. The van der Waals surface area contributed by atoms with Gasteiger partial charge in [0.05, 0.1) is 11.7 Å². The number of carbonyl (C=O) groups excluding carboxylic acids is 1. The number of alkyl halides is 3. The first kappa shape index (κ1) is 13.4. The van der Waals surface area contributed by atoms with Gasteiger partial charge in [-0.15, -0.1) is 0 Å². The highest BCUT2D eigenvalue weighted by molar-refractivity contribution is 9.09. The molecular weight excluding hydrogens is 310 g/mol. The average Bonchev–Trinajstić information content (AvgIpc) is 2.61. The summed E-state index contributed by atoms with van der Waals surface area (Å²) >= 11 is 2.74. The molecule has 1 aliphatic heterocycles. The monoisotopic (exact) mass is 320 g/mol. The molecule has 1 fully saturated rings. The summed E-state index contributed by atoms with van der Waals surface area (Å²) in [5, 5.41) is -1.31. The summed E-state index contributed by atoms with van der Waals surface area (Å²) in [5.74, 6) is -3.47. The Morgan fingerprint density at radius 1 is 1.44 bits per heavy atom. The molecule has 1 heterocycles. The number of ether oxygens (including phenoxy) is 2. The number of rotatable bonds is 3. The van der Waals surface area contributed by atoms with Crippen molar-refractivity contribution in [3.05, 3.63) is 35.9 Å². The van der Waals surface area contributed by atoms with E-state index < -0.39 is 29.4 Å². The zero-order valence-corrected chi connectivity index (χ0v) is 10.9. The molecule has 18 heavy (non-hydrogen) atoms. The second-order valence-corrected chi connectivity index (χ2v) is 4.84. The van der Waals surface area contributed by atoms with Gasteiger partial charge in [-0.05, 0) is 12.1 Å². The van der Waals surface area contributed by atoms with Crippen molar-refractivity contribution in [1.82, 2.24) is 0 Å². The van der Waals surface area contributed by atoms with Gasteiger partial charge in [0.1, 0.15) is 6.61 Å². The molecule has 98 valence electrons. The van der Waals surface area contributed by atoms with Crippen LogP contribution in [0.5, 0.6) is 0 Å². The minimum atomic E-state index is -2.93. The molecule has 6 heteroatoms. The van der Waals surface area contributed by atoms with E-state index in [-0.39, 0.29) is 6.61 Å². The molecule has 0 amide bonds. The Balaban J connectivity index is 1.85. The molecule has 0 N–H and O–H groups in total. The first-order valence-corrected chi connectivity index (χ1v) is 6.30. The standard InChI is InChI=1S/C12H11BrF2O3/c13-11-12(14,15)6-9(18-11)7-17-10(16)8-4-2-1-3-5-8/h1-5,9,11H,6-7H2/t9-,11-/m0/s1. The van der Waals surface area contributed by atoms with Crippen LogP contribution >= 0.6 is 15.9 Å². The van der Waals surface area contributed by atoms with E-state index in [9.17, 15) is 13.6 Å². The Labute approximate surface area is 111 Å². The third-order valence-electron chi connectivity index (χ3n) is 2.55. The predicted octanol–water partition coefficient (Wildman–Crippen LogP) is 2.99. The Hall–Kier alpha value is -1.01. The molecule has 1 aromatic rings. The van der Waals surface area contributed by atoms with E-state index in [4.69, 9.17) is 9.47 Å². The van der Waals surface area contributed by atoms with Gasteiger partial charge in [0.15, 0.2) is 5.01 Å². The summed E-state index contributed by atoms with van der Waals surface area (Å²) in [5.41, 5.74) is 0.387. The lowest BCUT2D eigenvalue weighted by Gasteiger charge is -2.10. The maximum Gasteiger partial charge on any atom is 0.338 e. The molecule has 1 aromatic carbocycles. The normalized spacial score (nSPS) is 25.9. The van der Waals surface area contributed by atoms with Crippen molar-refractivity contribution >= 4 is 21.9 Å². The lowest BCUT2D eigenvalue weighted by molar-refractivity contribution is -0.0298. The summed E-state index contributed by atoms with van der Waals surface area (Å²) in [6.07, 6.45) is -1.23. The van der Waals surface area contributed by atoms with Crippen molar-refractivity contribution in [1.29, 1.82) is 0 Å². The van der Waals surface area contributed by atoms with E-state index in [1.807, 2.05) is 0 Å². The van der Waals surface area contributed by atoms with Gasteiger partial charge in [0, 0.05) is 6.42 Å². The van der Waals surface area contributed by atoms with Crippen LogP contribution in [-0.2, 0) is 9.47 Å². The smallest absolute Gasteiger partial charge is 0.338 e. The fraction of sp³-hybridized carbons (Fsp3) is 0.417. The molecular formula is C12H11BrF2O3. The summed E-state index contributed by atoms with van der Waals surface area (Å²) in [6.45, 7) is -0.175. The number of hydrogen-bond acceptors (Lipinski definition) is 3. The van der Waals surface area contributed by atoms with Gasteiger partial charge < -0.3 is 9.47 Å². The van der Waals surface area contributed by atoms with E-state index in [2.05, 4.69) is 15.9 Å². The van der Waals surface area contributed by atoms with Crippen LogP contribution in [0, 0.1) is 0 Å². The Morgan fingerprint density at radius 3 is 2.67 bits per heavy atom. The van der Waals surface area contributed by atoms with Crippen molar-refractivity contribution in [3.63, 3.8) is 0 Å². The van der Waals surface area contributed by atoms with Gasteiger partial charge >= 0.3 is 5.97 Å². The highest BCUT2D eigenvalue weighted by atomic mass is 79.9. The molecule has 0 saturated carbocycles. The van der Waals surface area contributed by atoms with Crippen molar-refractivity contribution in [3.8, 4) is 0 Å². The number of hydrogen-bond donors (Lipinski definition) is 0. The molecule has 0 radical (unpaired) electrons. The van der Waals surface area contributed by atoms with Crippen molar-refractivity contribution < 1.29 is 23.0 Å². The molecule has 2 rings (SSSR count). The maximum atomic E-state index is 13.1. The summed E-state index contributed by atoms with van der Waals surface area (Å²) in [7, 11) is 0. The highest BCUT2D eigenvalue weighted by Crippen LogP contribution is 2.38. The zero-order valence-electron chi connectivity index (χ0n) is 9.31. The molecule has 0 spiro atoms.